The predicted octanol–water partition coefficient (Wildman–Crippen LogP) is 2.55. The van der Waals surface area contributed by atoms with Gasteiger partial charge in [-0.25, -0.2) is 4.79 Å². The van der Waals surface area contributed by atoms with E-state index in [1.54, 1.807) is 25.7 Å². The molecule has 9 heteroatoms. The average Bonchev–Trinajstić information content (AvgIpc) is 3.19. The molecule has 2 aliphatic heterocycles. The van der Waals surface area contributed by atoms with Crippen molar-refractivity contribution in [1.29, 1.82) is 0 Å². The zero-order chi connectivity index (χ0) is 21.2. The van der Waals surface area contributed by atoms with E-state index in [0.29, 0.717) is 13.0 Å². The van der Waals surface area contributed by atoms with E-state index in [1.165, 1.54) is 0 Å². The fraction of sp³-hybridized carbons (Fsp3) is 0.650. The van der Waals surface area contributed by atoms with E-state index in [9.17, 15) is 13.2 Å². The predicted molar refractivity (Wildman–Crippen MR) is 107 cm³/mol. The summed E-state index contributed by atoms with van der Waals surface area (Å²) in [5, 5.41) is 1.89. The van der Waals surface area contributed by atoms with Gasteiger partial charge in [0.15, 0.2) is 0 Å². The zero-order valence-electron chi connectivity index (χ0n) is 17.4. The molecule has 0 aliphatic carbocycles. The summed E-state index contributed by atoms with van der Waals surface area (Å²) in [6.07, 6.45) is 0.825. The van der Waals surface area contributed by atoms with Gasteiger partial charge in [-0.3, -0.25) is 13.9 Å². The first kappa shape index (κ1) is 22.0. The average molecular weight is 427 g/mol. The van der Waals surface area contributed by atoms with Crippen LogP contribution >= 0.6 is 0 Å². The maximum atomic E-state index is 12.7. The molecule has 3 rings (SSSR count). The Balaban J connectivity index is 1.69. The quantitative estimate of drug-likeness (QED) is 0.669. The number of likely N-dealkylation sites (tertiary alicyclic amines) is 1. The Hall–Kier alpha value is -1.68. The molecule has 2 saturated heterocycles. The monoisotopic (exact) mass is 426 g/mol. The molecule has 2 fully saturated rings. The second-order valence-corrected chi connectivity index (χ2v) is 10.2. The highest BCUT2D eigenvalue weighted by Gasteiger charge is 2.45. The van der Waals surface area contributed by atoms with Crippen molar-refractivity contribution in [2.45, 2.75) is 64.0 Å². The Morgan fingerprint density at radius 2 is 1.93 bits per heavy atom. The number of rotatable bonds is 5. The van der Waals surface area contributed by atoms with Crippen molar-refractivity contribution >= 4 is 16.2 Å². The molecule has 0 spiro atoms. The molecule has 8 nitrogen and oxygen atoms in total. The van der Waals surface area contributed by atoms with E-state index < -0.39 is 27.9 Å². The molecule has 2 aliphatic rings. The SMILES string of the molecule is CC(C)(C)OC(=O)N1C[C@H](OS(C)(=O)=O)C[C@H]1[C@H]1CCN(Cc2ccccc2)O1. The topological polar surface area (TPSA) is 85.4 Å². The summed E-state index contributed by atoms with van der Waals surface area (Å²) in [7, 11) is -3.62. The van der Waals surface area contributed by atoms with Crippen molar-refractivity contribution < 1.29 is 27.0 Å². The first-order chi connectivity index (χ1) is 13.5. The van der Waals surface area contributed by atoms with Crippen LogP contribution in [0.5, 0.6) is 0 Å². The lowest BCUT2D eigenvalue weighted by Gasteiger charge is -2.31. The standard InChI is InChI=1S/C20H30N2O6S/c1-20(2,3)26-19(23)22-14-16(28-29(4,24)25)12-17(22)18-10-11-21(27-18)13-15-8-6-5-7-9-15/h5-9,16-18H,10-14H2,1-4H3/t16-,17+,18-/m1/s1. The Morgan fingerprint density at radius 1 is 1.24 bits per heavy atom. The first-order valence-corrected chi connectivity index (χ1v) is 11.7. The number of hydrogen-bond acceptors (Lipinski definition) is 7. The van der Waals surface area contributed by atoms with E-state index in [1.807, 2.05) is 35.4 Å². The number of carbonyl (C=O) groups is 1. The summed E-state index contributed by atoms with van der Waals surface area (Å²) in [6, 6.07) is 9.70. The number of ether oxygens (including phenoxy) is 1. The second-order valence-electron chi connectivity index (χ2n) is 8.64. The van der Waals surface area contributed by atoms with Crippen LogP contribution in [0, 0.1) is 0 Å². The third kappa shape index (κ3) is 6.40. The van der Waals surface area contributed by atoms with Gasteiger partial charge in [0, 0.05) is 13.1 Å². The Kier molecular flexibility index (Phi) is 6.52. The van der Waals surface area contributed by atoms with Gasteiger partial charge in [-0.2, -0.15) is 13.5 Å². The minimum absolute atomic E-state index is 0.158. The lowest BCUT2D eigenvalue weighted by molar-refractivity contribution is -0.166. The van der Waals surface area contributed by atoms with Crippen LogP contribution in [-0.4, -0.2) is 67.7 Å². The molecule has 1 aromatic rings. The molecular weight excluding hydrogens is 396 g/mol. The van der Waals surface area contributed by atoms with E-state index in [4.69, 9.17) is 13.8 Å². The number of benzene rings is 1. The molecule has 3 atom stereocenters. The Morgan fingerprint density at radius 3 is 2.55 bits per heavy atom. The zero-order valence-corrected chi connectivity index (χ0v) is 18.2. The maximum absolute atomic E-state index is 12.7. The Bertz CT molecular complexity index is 808. The summed E-state index contributed by atoms with van der Waals surface area (Å²) in [6.45, 7) is 6.94. The van der Waals surface area contributed by atoms with Crippen LogP contribution in [0.2, 0.25) is 0 Å². The van der Waals surface area contributed by atoms with Crippen LogP contribution in [0.15, 0.2) is 30.3 Å². The Labute approximate surface area is 172 Å². The van der Waals surface area contributed by atoms with E-state index in [-0.39, 0.29) is 18.7 Å². The molecule has 0 aromatic heterocycles. The van der Waals surface area contributed by atoms with E-state index >= 15 is 0 Å². The molecule has 0 N–H and O–H groups in total. The van der Waals surface area contributed by atoms with Crippen LogP contribution < -0.4 is 0 Å². The van der Waals surface area contributed by atoms with Gasteiger partial charge in [0.2, 0.25) is 0 Å². The molecule has 1 amide bonds. The fourth-order valence-corrected chi connectivity index (χ4v) is 4.39. The lowest BCUT2D eigenvalue weighted by atomic mass is 10.1. The molecule has 0 saturated carbocycles. The molecular formula is C20H30N2O6S. The summed E-state index contributed by atoms with van der Waals surface area (Å²) in [5.74, 6) is 0. The molecule has 162 valence electrons. The van der Waals surface area contributed by atoms with Crippen molar-refractivity contribution in [3.63, 3.8) is 0 Å². The fourth-order valence-electron chi connectivity index (χ4n) is 3.76. The van der Waals surface area contributed by atoms with Crippen molar-refractivity contribution in [2.75, 3.05) is 19.3 Å². The van der Waals surface area contributed by atoms with Gasteiger partial charge in [0.25, 0.3) is 10.1 Å². The van der Waals surface area contributed by atoms with Crippen molar-refractivity contribution in [3.8, 4) is 0 Å². The minimum Gasteiger partial charge on any atom is -0.444 e. The number of hydrogen-bond donors (Lipinski definition) is 0. The summed E-state index contributed by atoms with van der Waals surface area (Å²) in [5.41, 5.74) is 0.495. The number of carbonyl (C=O) groups excluding carboxylic acids is 1. The highest BCUT2D eigenvalue weighted by Crippen LogP contribution is 2.32. The van der Waals surface area contributed by atoms with Gasteiger partial charge >= 0.3 is 6.09 Å². The molecule has 0 radical (unpaired) electrons. The van der Waals surface area contributed by atoms with E-state index in [0.717, 1.165) is 24.8 Å². The van der Waals surface area contributed by atoms with Gasteiger partial charge in [-0.05, 0) is 39.2 Å². The number of hydroxylamine groups is 2. The normalized spacial score (nSPS) is 26.1. The van der Waals surface area contributed by atoms with Gasteiger partial charge in [0.05, 0.1) is 24.9 Å². The maximum Gasteiger partial charge on any atom is 0.410 e. The highest BCUT2D eigenvalue weighted by atomic mass is 32.2. The molecule has 2 heterocycles. The van der Waals surface area contributed by atoms with Crippen molar-refractivity contribution in [1.82, 2.24) is 9.96 Å². The van der Waals surface area contributed by atoms with Crippen molar-refractivity contribution in [2.24, 2.45) is 0 Å². The van der Waals surface area contributed by atoms with Crippen LogP contribution in [0.4, 0.5) is 4.79 Å². The largest absolute Gasteiger partial charge is 0.444 e. The van der Waals surface area contributed by atoms with Crippen LogP contribution in [-0.2, 0) is 30.4 Å². The first-order valence-electron chi connectivity index (χ1n) is 9.84. The highest BCUT2D eigenvalue weighted by molar-refractivity contribution is 7.86. The molecule has 29 heavy (non-hydrogen) atoms. The van der Waals surface area contributed by atoms with Gasteiger partial charge in [-0.15, -0.1) is 0 Å². The number of amides is 1. The lowest BCUT2D eigenvalue weighted by Crippen LogP contribution is -2.45. The van der Waals surface area contributed by atoms with Crippen LogP contribution in [0.25, 0.3) is 0 Å². The smallest absolute Gasteiger partial charge is 0.410 e. The van der Waals surface area contributed by atoms with Gasteiger partial charge in [-0.1, -0.05) is 30.3 Å². The minimum atomic E-state index is -3.62. The summed E-state index contributed by atoms with van der Waals surface area (Å²) in [4.78, 5) is 20.4. The van der Waals surface area contributed by atoms with E-state index in [2.05, 4.69) is 0 Å². The summed E-state index contributed by atoms with van der Waals surface area (Å²) >= 11 is 0. The van der Waals surface area contributed by atoms with Gasteiger partial charge in [0.1, 0.15) is 11.7 Å². The van der Waals surface area contributed by atoms with Crippen LogP contribution in [0.1, 0.15) is 39.2 Å². The molecule has 1 aromatic carbocycles. The van der Waals surface area contributed by atoms with Gasteiger partial charge < -0.3 is 4.74 Å². The van der Waals surface area contributed by atoms with Crippen molar-refractivity contribution in [3.05, 3.63) is 35.9 Å². The number of nitrogens with zero attached hydrogens (tertiary/aromatic N) is 2. The summed E-state index contributed by atoms with van der Waals surface area (Å²) < 4.78 is 33.9. The molecule has 0 bridgehead atoms. The third-order valence-electron chi connectivity index (χ3n) is 4.82. The van der Waals surface area contributed by atoms with Crippen LogP contribution in [0.3, 0.4) is 0 Å². The second kappa shape index (κ2) is 8.59. The third-order valence-corrected chi connectivity index (χ3v) is 5.44. The molecule has 0 unspecified atom stereocenters.